The summed E-state index contributed by atoms with van der Waals surface area (Å²) in [5.74, 6) is 0.168. The molecule has 0 saturated heterocycles. The summed E-state index contributed by atoms with van der Waals surface area (Å²) in [5.41, 5.74) is 1.98. The van der Waals surface area contributed by atoms with Crippen LogP contribution in [0.25, 0.3) is 10.9 Å². The zero-order chi connectivity index (χ0) is 14.8. The molecule has 3 aromatic rings. The molecule has 0 unspecified atom stereocenters. The number of aromatic nitrogens is 1. The molecule has 3 rings (SSSR count). The highest BCUT2D eigenvalue weighted by molar-refractivity contribution is 5.96. The Labute approximate surface area is 121 Å². The molecule has 1 heterocycles. The molecule has 0 bridgehead atoms. The Hall–Kier alpha value is -2.62. The van der Waals surface area contributed by atoms with E-state index < -0.39 is 0 Å². The first-order valence-electron chi connectivity index (χ1n) is 6.58. The van der Waals surface area contributed by atoms with Gasteiger partial charge in [-0.05, 0) is 18.2 Å². The molecule has 0 aliphatic heterocycles. The van der Waals surface area contributed by atoms with Crippen LogP contribution in [0.2, 0.25) is 0 Å². The monoisotopic (exact) mass is 283 g/mol. The number of para-hydroxylation sites is 1. The maximum absolute atomic E-state index is 14.0. The number of methoxy groups -OCH3 is 1. The minimum atomic E-state index is -0.320. The normalized spacial score (nSPS) is 10.8. The van der Waals surface area contributed by atoms with Gasteiger partial charge in [0.15, 0.2) is 6.29 Å². The SMILES string of the molecule is COc1ccc(Cn2ccc3cccc(C=O)c32)c(F)c1. The van der Waals surface area contributed by atoms with Gasteiger partial charge in [-0.1, -0.05) is 18.2 Å². The van der Waals surface area contributed by atoms with Crippen molar-refractivity contribution in [2.45, 2.75) is 6.54 Å². The van der Waals surface area contributed by atoms with Crippen LogP contribution in [0.4, 0.5) is 4.39 Å². The van der Waals surface area contributed by atoms with Crippen molar-refractivity contribution in [2.24, 2.45) is 0 Å². The number of rotatable bonds is 4. The second-order valence-corrected chi connectivity index (χ2v) is 4.80. The van der Waals surface area contributed by atoms with Gasteiger partial charge in [0, 0.05) is 28.8 Å². The Kier molecular flexibility index (Phi) is 3.44. The number of aldehydes is 1. The first kappa shape index (κ1) is 13.4. The summed E-state index contributed by atoms with van der Waals surface area (Å²) >= 11 is 0. The van der Waals surface area contributed by atoms with E-state index >= 15 is 0 Å². The molecule has 0 amide bonds. The summed E-state index contributed by atoms with van der Waals surface area (Å²) in [6.07, 6.45) is 2.69. The molecule has 0 aliphatic rings. The van der Waals surface area contributed by atoms with Crippen LogP contribution >= 0.6 is 0 Å². The van der Waals surface area contributed by atoms with E-state index in [2.05, 4.69) is 0 Å². The van der Waals surface area contributed by atoms with Gasteiger partial charge in [0.1, 0.15) is 11.6 Å². The van der Waals surface area contributed by atoms with E-state index in [0.29, 0.717) is 23.4 Å². The third kappa shape index (κ3) is 2.40. The molecule has 106 valence electrons. The minimum absolute atomic E-state index is 0.320. The highest BCUT2D eigenvalue weighted by Crippen LogP contribution is 2.22. The predicted octanol–water partition coefficient (Wildman–Crippen LogP) is 3.65. The molecule has 0 N–H and O–H groups in total. The molecule has 21 heavy (non-hydrogen) atoms. The number of carbonyl (C=O) groups excluding carboxylic acids is 1. The van der Waals surface area contributed by atoms with E-state index in [9.17, 15) is 9.18 Å². The maximum Gasteiger partial charge on any atom is 0.152 e. The molecule has 3 nitrogen and oxygen atoms in total. The Morgan fingerprint density at radius 1 is 1.24 bits per heavy atom. The van der Waals surface area contributed by atoms with Crippen LogP contribution in [0.5, 0.6) is 5.75 Å². The summed E-state index contributed by atoms with van der Waals surface area (Å²) in [4.78, 5) is 11.2. The second kappa shape index (κ2) is 5.40. The fraction of sp³-hybridized carbons (Fsp3) is 0.118. The van der Waals surface area contributed by atoms with E-state index in [1.807, 2.05) is 29.0 Å². The van der Waals surface area contributed by atoms with Gasteiger partial charge >= 0.3 is 0 Å². The Bertz CT molecular complexity index is 808. The molecule has 1 aromatic heterocycles. The van der Waals surface area contributed by atoms with Gasteiger partial charge < -0.3 is 9.30 Å². The van der Waals surface area contributed by atoms with Gasteiger partial charge in [0.25, 0.3) is 0 Å². The van der Waals surface area contributed by atoms with Crippen molar-refractivity contribution < 1.29 is 13.9 Å². The molecule has 4 heteroatoms. The zero-order valence-corrected chi connectivity index (χ0v) is 11.5. The third-order valence-corrected chi connectivity index (χ3v) is 3.55. The number of fused-ring (bicyclic) bond motifs is 1. The smallest absolute Gasteiger partial charge is 0.152 e. The van der Waals surface area contributed by atoms with Crippen LogP contribution < -0.4 is 4.74 Å². The highest BCUT2D eigenvalue weighted by Gasteiger charge is 2.09. The van der Waals surface area contributed by atoms with E-state index in [1.165, 1.54) is 13.2 Å². The third-order valence-electron chi connectivity index (χ3n) is 3.55. The van der Waals surface area contributed by atoms with Crippen molar-refractivity contribution >= 4 is 17.2 Å². The van der Waals surface area contributed by atoms with Crippen molar-refractivity contribution in [3.05, 3.63) is 65.6 Å². The average molecular weight is 283 g/mol. The number of carbonyl (C=O) groups is 1. The Morgan fingerprint density at radius 2 is 2.10 bits per heavy atom. The molecule has 0 saturated carbocycles. The summed E-state index contributed by atoms with van der Waals surface area (Å²) < 4.78 is 20.9. The van der Waals surface area contributed by atoms with Crippen LogP contribution in [0.1, 0.15) is 15.9 Å². The lowest BCUT2D eigenvalue weighted by Crippen LogP contribution is -2.02. The average Bonchev–Trinajstić information content (AvgIpc) is 2.92. The van der Waals surface area contributed by atoms with Gasteiger partial charge in [-0.2, -0.15) is 0 Å². The lowest BCUT2D eigenvalue weighted by Gasteiger charge is -2.09. The van der Waals surface area contributed by atoms with Gasteiger partial charge in [-0.15, -0.1) is 0 Å². The Balaban J connectivity index is 2.04. The number of hydrogen-bond acceptors (Lipinski definition) is 2. The maximum atomic E-state index is 14.0. The van der Waals surface area contributed by atoms with Crippen molar-refractivity contribution in [2.75, 3.05) is 7.11 Å². The fourth-order valence-corrected chi connectivity index (χ4v) is 2.48. The van der Waals surface area contributed by atoms with Gasteiger partial charge in [-0.25, -0.2) is 4.39 Å². The molecular formula is C17H14FNO2. The van der Waals surface area contributed by atoms with Crippen molar-refractivity contribution in [3.63, 3.8) is 0 Å². The van der Waals surface area contributed by atoms with Gasteiger partial charge in [0.05, 0.1) is 19.2 Å². The molecular weight excluding hydrogens is 269 g/mol. The highest BCUT2D eigenvalue weighted by atomic mass is 19.1. The number of halogens is 1. The summed E-state index contributed by atoms with van der Waals surface area (Å²) in [7, 11) is 1.50. The van der Waals surface area contributed by atoms with Crippen molar-refractivity contribution in [3.8, 4) is 5.75 Å². The molecule has 0 fully saturated rings. The zero-order valence-electron chi connectivity index (χ0n) is 11.5. The predicted molar refractivity (Wildman–Crippen MR) is 79.4 cm³/mol. The molecule has 0 spiro atoms. The van der Waals surface area contributed by atoms with E-state index in [4.69, 9.17) is 4.74 Å². The molecule has 0 atom stereocenters. The first-order chi connectivity index (χ1) is 10.2. The Morgan fingerprint density at radius 3 is 2.81 bits per heavy atom. The van der Waals surface area contributed by atoms with Crippen LogP contribution in [-0.2, 0) is 6.54 Å². The topological polar surface area (TPSA) is 31.2 Å². The number of hydrogen-bond donors (Lipinski definition) is 0. The number of benzene rings is 2. The quantitative estimate of drug-likeness (QED) is 0.684. The summed E-state index contributed by atoms with van der Waals surface area (Å²) in [6, 6.07) is 12.2. The van der Waals surface area contributed by atoms with Crippen LogP contribution in [0, 0.1) is 5.82 Å². The molecule has 0 aliphatic carbocycles. The lowest BCUT2D eigenvalue weighted by atomic mass is 10.1. The summed E-state index contributed by atoms with van der Waals surface area (Å²) in [5, 5.41) is 0.966. The first-order valence-corrected chi connectivity index (χ1v) is 6.58. The van der Waals surface area contributed by atoms with E-state index in [0.717, 1.165) is 17.2 Å². The van der Waals surface area contributed by atoms with E-state index in [-0.39, 0.29) is 5.82 Å². The summed E-state index contributed by atoms with van der Waals surface area (Å²) in [6.45, 7) is 0.365. The van der Waals surface area contributed by atoms with Crippen molar-refractivity contribution in [1.82, 2.24) is 4.57 Å². The van der Waals surface area contributed by atoms with E-state index in [1.54, 1.807) is 18.2 Å². The largest absolute Gasteiger partial charge is 0.497 e. The lowest BCUT2D eigenvalue weighted by molar-refractivity contribution is 0.112. The molecule has 2 aromatic carbocycles. The van der Waals surface area contributed by atoms with Crippen LogP contribution in [-0.4, -0.2) is 18.0 Å². The second-order valence-electron chi connectivity index (χ2n) is 4.80. The van der Waals surface area contributed by atoms with Gasteiger partial charge in [0.2, 0.25) is 0 Å². The number of nitrogens with zero attached hydrogens (tertiary/aromatic N) is 1. The molecule has 0 radical (unpaired) electrons. The van der Waals surface area contributed by atoms with Gasteiger partial charge in [-0.3, -0.25) is 4.79 Å². The minimum Gasteiger partial charge on any atom is -0.497 e. The number of ether oxygens (including phenoxy) is 1. The standard InChI is InChI=1S/C17H14FNO2/c1-21-15-6-5-13(16(18)9-15)10-19-8-7-12-3-2-4-14(11-20)17(12)19/h2-9,11H,10H2,1H3. The fourth-order valence-electron chi connectivity index (χ4n) is 2.48. The van der Waals surface area contributed by atoms with Crippen LogP contribution in [0.15, 0.2) is 48.7 Å². The van der Waals surface area contributed by atoms with Crippen molar-refractivity contribution in [1.29, 1.82) is 0 Å². The van der Waals surface area contributed by atoms with Crippen LogP contribution in [0.3, 0.4) is 0 Å².